The number of ether oxygens (including phenoxy) is 1. The number of nitrogens with one attached hydrogen (secondary N) is 1. The molecule has 20 heavy (non-hydrogen) atoms. The fourth-order valence-corrected chi connectivity index (χ4v) is 2.24. The lowest BCUT2D eigenvalue weighted by Gasteiger charge is -2.26. The van der Waals surface area contributed by atoms with Crippen molar-refractivity contribution in [1.82, 2.24) is 10.2 Å². The predicted octanol–water partition coefficient (Wildman–Crippen LogP) is 2.60. The summed E-state index contributed by atoms with van der Waals surface area (Å²) in [4.78, 5) is 13.9. The maximum atomic E-state index is 12.1. The second-order valence-electron chi connectivity index (χ2n) is 4.94. The Morgan fingerprint density at radius 1 is 1.35 bits per heavy atom. The van der Waals surface area contributed by atoms with Crippen molar-refractivity contribution in [2.45, 2.75) is 39.3 Å². The van der Waals surface area contributed by atoms with Gasteiger partial charge in [-0.15, -0.1) is 0 Å². The molecule has 1 aromatic rings. The molecule has 0 aliphatic carbocycles. The molecule has 1 aromatic carbocycles. The highest BCUT2D eigenvalue weighted by Crippen LogP contribution is 2.27. The van der Waals surface area contributed by atoms with Gasteiger partial charge in [-0.3, -0.25) is 10.1 Å². The van der Waals surface area contributed by atoms with Crippen molar-refractivity contribution in [3.63, 3.8) is 0 Å². The van der Waals surface area contributed by atoms with E-state index in [0.29, 0.717) is 0 Å². The van der Waals surface area contributed by atoms with E-state index in [1.54, 1.807) is 12.0 Å². The average molecular weight is 278 g/mol. The summed E-state index contributed by atoms with van der Waals surface area (Å²) >= 11 is 0. The van der Waals surface area contributed by atoms with Crippen molar-refractivity contribution >= 4 is 5.91 Å². The molecule has 4 nitrogen and oxygen atoms in total. The largest absolute Gasteiger partial charge is 0.496 e. The van der Waals surface area contributed by atoms with Crippen molar-refractivity contribution < 1.29 is 9.53 Å². The number of nitrogens with zero attached hydrogens (tertiary/aromatic N) is 1. The van der Waals surface area contributed by atoms with E-state index >= 15 is 0 Å². The van der Waals surface area contributed by atoms with Crippen LogP contribution in [0.5, 0.6) is 5.75 Å². The minimum atomic E-state index is -0.213. The van der Waals surface area contributed by atoms with Gasteiger partial charge in [0.15, 0.2) is 0 Å². The maximum Gasteiger partial charge on any atom is 0.239 e. The summed E-state index contributed by atoms with van der Waals surface area (Å²) in [5.74, 6) is 0.969. The summed E-state index contributed by atoms with van der Waals surface area (Å²) in [6.07, 6.45) is 0.897. The zero-order valence-corrected chi connectivity index (χ0v) is 13.1. The van der Waals surface area contributed by atoms with Gasteiger partial charge in [0.2, 0.25) is 5.91 Å². The molecule has 0 fully saturated rings. The quantitative estimate of drug-likeness (QED) is 0.833. The third-order valence-corrected chi connectivity index (χ3v) is 3.59. The Labute approximate surface area is 122 Å². The van der Waals surface area contributed by atoms with Gasteiger partial charge in [0, 0.05) is 25.2 Å². The number of carbonyl (C=O) groups is 1. The van der Waals surface area contributed by atoms with Crippen LogP contribution in [0, 0.1) is 0 Å². The molecule has 2 unspecified atom stereocenters. The van der Waals surface area contributed by atoms with Gasteiger partial charge in [0.25, 0.3) is 0 Å². The summed E-state index contributed by atoms with van der Waals surface area (Å²) in [6.45, 7) is 6.70. The minimum absolute atomic E-state index is 0.107. The number of likely N-dealkylation sites (N-methyl/N-ethyl adjacent to an activating group) is 1. The second-order valence-corrected chi connectivity index (χ2v) is 4.94. The van der Waals surface area contributed by atoms with Crippen LogP contribution in [0.1, 0.15) is 38.8 Å². The van der Waals surface area contributed by atoms with Crippen LogP contribution in [0.4, 0.5) is 0 Å². The smallest absolute Gasteiger partial charge is 0.239 e. The number of carbonyl (C=O) groups excluding carboxylic acids is 1. The van der Waals surface area contributed by atoms with Gasteiger partial charge < -0.3 is 9.64 Å². The Bertz CT molecular complexity index is 434. The van der Waals surface area contributed by atoms with Crippen LogP contribution < -0.4 is 10.1 Å². The number of hydrogen-bond acceptors (Lipinski definition) is 3. The van der Waals surface area contributed by atoms with Crippen LogP contribution in [0.15, 0.2) is 24.3 Å². The zero-order valence-electron chi connectivity index (χ0n) is 13.1. The molecule has 112 valence electrons. The Hall–Kier alpha value is -1.55. The van der Waals surface area contributed by atoms with Crippen molar-refractivity contribution in [3.05, 3.63) is 29.8 Å². The highest BCUT2D eigenvalue weighted by Gasteiger charge is 2.21. The van der Waals surface area contributed by atoms with Crippen molar-refractivity contribution in [3.8, 4) is 5.75 Å². The summed E-state index contributed by atoms with van der Waals surface area (Å²) in [5, 5.41) is 3.40. The molecule has 1 rings (SSSR count). The molecule has 2 atom stereocenters. The van der Waals surface area contributed by atoms with E-state index in [4.69, 9.17) is 4.74 Å². The minimum Gasteiger partial charge on any atom is -0.496 e. The molecule has 4 heteroatoms. The second kappa shape index (κ2) is 7.90. The molecule has 0 saturated carbocycles. The summed E-state index contributed by atoms with van der Waals surface area (Å²) < 4.78 is 5.40. The molecule has 0 bridgehead atoms. The maximum absolute atomic E-state index is 12.1. The van der Waals surface area contributed by atoms with Crippen molar-refractivity contribution in [1.29, 1.82) is 0 Å². The van der Waals surface area contributed by atoms with E-state index in [1.165, 1.54) is 0 Å². The topological polar surface area (TPSA) is 41.6 Å². The lowest BCUT2D eigenvalue weighted by atomic mass is 10.0. The molecule has 0 aromatic heterocycles. The van der Waals surface area contributed by atoms with Crippen LogP contribution in [-0.2, 0) is 4.79 Å². The van der Waals surface area contributed by atoms with E-state index in [1.807, 2.05) is 45.2 Å². The molecule has 0 heterocycles. The van der Waals surface area contributed by atoms with Gasteiger partial charge in [-0.2, -0.15) is 0 Å². The number of benzene rings is 1. The average Bonchev–Trinajstić information content (AvgIpc) is 2.50. The van der Waals surface area contributed by atoms with E-state index in [2.05, 4.69) is 12.2 Å². The normalized spacial score (nSPS) is 13.7. The number of hydrogen-bond donors (Lipinski definition) is 1. The first-order chi connectivity index (χ1) is 9.54. The lowest BCUT2D eigenvalue weighted by Crippen LogP contribution is -2.44. The first-order valence-electron chi connectivity index (χ1n) is 7.19. The molecular weight excluding hydrogens is 252 g/mol. The molecule has 0 spiro atoms. The Balaban J connectivity index is 2.84. The van der Waals surface area contributed by atoms with E-state index in [0.717, 1.165) is 24.3 Å². The third-order valence-electron chi connectivity index (χ3n) is 3.59. The van der Waals surface area contributed by atoms with Gasteiger partial charge in [-0.05, 0) is 26.3 Å². The van der Waals surface area contributed by atoms with Gasteiger partial charge in [-0.1, -0.05) is 25.1 Å². The van der Waals surface area contributed by atoms with Crippen LogP contribution >= 0.6 is 0 Å². The molecular formula is C16H26N2O2. The van der Waals surface area contributed by atoms with Gasteiger partial charge in [0.1, 0.15) is 5.75 Å². The van der Waals surface area contributed by atoms with E-state index < -0.39 is 0 Å². The summed E-state index contributed by atoms with van der Waals surface area (Å²) in [5.41, 5.74) is 1.09. The fraction of sp³-hybridized carbons (Fsp3) is 0.562. The Morgan fingerprint density at radius 3 is 2.55 bits per heavy atom. The molecule has 1 amide bonds. The molecule has 1 N–H and O–H groups in total. The van der Waals surface area contributed by atoms with Gasteiger partial charge in [0.05, 0.1) is 13.2 Å². The lowest BCUT2D eigenvalue weighted by molar-refractivity contribution is -0.131. The highest BCUT2D eigenvalue weighted by atomic mass is 16.5. The highest BCUT2D eigenvalue weighted by molar-refractivity contribution is 5.81. The number of methoxy groups -OCH3 is 1. The first kappa shape index (κ1) is 16.5. The van der Waals surface area contributed by atoms with Gasteiger partial charge in [-0.25, -0.2) is 0 Å². The number of para-hydroxylation sites is 1. The van der Waals surface area contributed by atoms with Crippen molar-refractivity contribution in [2.24, 2.45) is 0 Å². The summed E-state index contributed by atoms with van der Waals surface area (Å²) in [7, 11) is 3.50. The molecule has 0 saturated heterocycles. The van der Waals surface area contributed by atoms with Gasteiger partial charge >= 0.3 is 0 Å². The number of rotatable bonds is 7. The van der Waals surface area contributed by atoms with Crippen LogP contribution in [0.25, 0.3) is 0 Å². The molecule has 0 aliphatic heterocycles. The fourth-order valence-electron chi connectivity index (χ4n) is 2.24. The number of amides is 1. The van der Waals surface area contributed by atoms with Crippen LogP contribution in [0.3, 0.4) is 0 Å². The van der Waals surface area contributed by atoms with Crippen LogP contribution in [-0.4, -0.2) is 37.6 Å². The van der Waals surface area contributed by atoms with E-state index in [-0.39, 0.29) is 18.0 Å². The SMILES string of the molecule is CCC(NC(C)C(=O)N(C)CC)c1ccccc1OC. The van der Waals surface area contributed by atoms with Crippen LogP contribution in [0.2, 0.25) is 0 Å². The Morgan fingerprint density at radius 2 is 2.00 bits per heavy atom. The monoisotopic (exact) mass is 278 g/mol. The Kier molecular flexibility index (Phi) is 6.52. The van der Waals surface area contributed by atoms with E-state index in [9.17, 15) is 4.79 Å². The molecule has 0 aliphatic rings. The summed E-state index contributed by atoms with van der Waals surface area (Å²) in [6, 6.07) is 7.83. The molecule has 0 radical (unpaired) electrons. The van der Waals surface area contributed by atoms with Crippen molar-refractivity contribution in [2.75, 3.05) is 20.7 Å². The standard InChI is InChI=1S/C16H26N2O2/c1-6-14(13-10-8-9-11-15(13)20-5)17-12(3)16(19)18(4)7-2/h8-12,14,17H,6-7H2,1-5H3. The first-order valence-corrected chi connectivity index (χ1v) is 7.19. The predicted molar refractivity (Wildman–Crippen MR) is 81.9 cm³/mol. The third kappa shape index (κ3) is 3.97. The zero-order chi connectivity index (χ0) is 15.1.